The van der Waals surface area contributed by atoms with Crippen LogP contribution in [0.3, 0.4) is 0 Å². The van der Waals surface area contributed by atoms with Gasteiger partial charge < -0.3 is 9.32 Å². The summed E-state index contributed by atoms with van der Waals surface area (Å²) in [6.45, 7) is 3.52. The van der Waals surface area contributed by atoms with Gasteiger partial charge in [0.25, 0.3) is 0 Å². The summed E-state index contributed by atoms with van der Waals surface area (Å²) in [4.78, 5) is 14.4. The summed E-state index contributed by atoms with van der Waals surface area (Å²) in [6, 6.07) is 18.0. The van der Waals surface area contributed by atoms with Crippen LogP contribution in [0.2, 0.25) is 0 Å². The van der Waals surface area contributed by atoms with Gasteiger partial charge in [-0.25, -0.2) is 0 Å². The molecule has 1 fully saturated rings. The van der Waals surface area contributed by atoms with Gasteiger partial charge in [-0.3, -0.25) is 4.79 Å². The van der Waals surface area contributed by atoms with Crippen LogP contribution < -0.4 is 0 Å². The van der Waals surface area contributed by atoms with Crippen molar-refractivity contribution in [2.24, 2.45) is 0 Å². The van der Waals surface area contributed by atoms with Crippen molar-refractivity contribution in [1.29, 1.82) is 0 Å². The first-order valence-electron chi connectivity index (χ1n) is 9.41. The van der Waals surface area contributed by atoms with Gasteiger partial charge in [0, 0.05) is 24.6 Å². The fourth-order valence-corrected chi connectivity index (χ4v) is 3.47. The van der Waals surface area contributed by atoms with Crippen LogP contribution >= 0.6 is 0 Å². The predicted octanol–water partition coefficient (Wildman–Crippen LogP) is 3.99. The summed E-state index contributed by atoms with van der Waals surface area (Å²) < 4.78 is 5.91. The van der Waals surface area contributed by atoms with E-state index in [1.807, 2.05) is 59.5 Å². The molecule has 2 heterocycles. The molecule has 0 saturated carbocycles. The Balaban J connectivity index is 1.35. The molecule has 0 atom stereocenters. The summed E-state index contributed by atoms with van der Waals surface area (Å²) in [5.74, 6) is 1.65. The van der Waals surface area contributed by atoms with E-state index < -0.39 is 0 Å². The Morgan fingerprint density at radius 1 is 1.04 bits per heavy atom. The van der Waals surface area contributed by atoms with Crippen LogP contribution in [0.25, 0.3) is 11.5 Å². The Morgan fingerprint density at radius 2 is 1.74 bits per heavy atom. The first-order chi connectivity index (χ1) is 13.2. The molecule has 138 valence electrons. The monoisotopic (exact) mass is 361 g/mol. The van der Waals surface area contributed by atoms with Crippen LogP contribution in [0.5, 0.6) is 0 Å². The van der Waals surface area contributed by atoms with Crippen molar-refractivity contribution < 1.29 is 9.21 Å². The second-order valence-corrected chi connectivity index (χ2v) is 7.13. The Bertz CT molecular complexity index is 895. The van der Waals surface area contributed by atoms with Gasteiger partial charge in [0.1, 0.15) is 0 Å². The van der Waals surface area contributed by atoms with Gasteiger partial charge in [0.2, 0.25) is 17.7 Å². The van der Waals surface area contributed by atoms with Gasteiger partial charge in [0.05, 0.1) is 6.42 Å². The summed E-state index contributed by atoms with van der Waals surface area (Å²) >= 11 is 0. The predicted molar refractivity (Wildman–Crippen MR) is 103 cm³/mol. The van der Waals surface area contributed by atoms with Crippen molar-refractivity contribution in [2.75, 3.05) is 13.1 Å². The highest BCUT2D eigenvalue weighted by Gasteiger charge is 2.27. The second-order valence-electron chi connectivity index (χ2n) is 7.13. The average Bonchev–Trinajstić information content (AvgIpc) is 3.20. The lowest BCUT2D eigenvalue weighted by molar-refractivity contribution is -0.131. The molecule has 0 bridgehead atoms. The number of hydrogen-bond acceptors (Lipinski definition) is 4. The highest BCUT2D eigenvalue weighted by molar-refractivity contribution is 5.78. The van der Waals surface area contributed by atoms with Crippen molar-refractivity contribution >= 4 is 5.91 Å². The number of amides is 1. The van der Waals surface area contributed by atoms with E-state index in [2.05, 4.69) is 17.1 Å². The zero-order chi connectivity index (χ0) is 18.6. The number of nitrogens with zero attached hydrogens (tertiary/aromatic N) is 3. The average molecular weight is 361 g/mol. The van der Waals surface area contributed by atoms with Crippen LogP contribution in [-0.2, 0) is 11.2 Å². The maximum atomic E-state index is 12.5. The maximum absolute atomic E-state index is 12.5. The minimum Gasteiger partial charge on any atom is -0.420 e. The molecule has 0 spiro atoms. The number of carbonyl (C=O) groups excluding carboxylic acids is 1. The third-order valence-corrected chi connectivity index (χ3v) is 5.13. The van der Waals surface area contributed by atoms with Crippen molar-refractivity contribution in [3.63, 3.8) is 0 Å². The zero-order valence-corrected chi connectivity index (χ0v) is 15.5. The van der Waals surface area contributed by atoms with Crippen LogP contribution in [0.1, 0.15) is 35.8 Å². The molecule has 0 radical (unpaired) electrons. The molecule has 5 heteroatoms. The van der Waals surface area contributed by atoms with E-state index in [9.17, 15) is 4.79 Å². The Morgan fingerprint density at radius 3 is 2.44 bits per heavy atom. The first kappa shape index (κ1) is 17.5. The number of piperidine rings is 1. The van der Waals surface area contributed by atoms with E-state index in [1.165, 1.54) is 5.56 Å². The maximum Gasteiger partial charge on any atom is 0.247 e. The summed E-state index contributed by atoms with van der Waals surface area (Å²) in [6.07, 6.45) is 2.18. The summed E-state index contributed by atoms with van der Waals surface area (Å²) in [5, 5.41) is 8.46. The molecular formula is C22H23N3O2. The summed E-state index contributed by atoms with van der Waals surface area (Å²) in [7, 11) is 0. The molecule has 4 rings (SSSR count). The largest absolute Gasteiger partial charge is 0.420 e. The van der Waals surface area contributed by atoms with Crippen LogP contribution in [0.4, 0.5) is 0 Å². The normalized spacial score (nSPS) is 15.1. The second kappa shape index (κ2) is 7.74. The smallest absolute Gasteiger partial charge is 0.247 e. The molecule has 0 aliphatic carbocycles. The standard InChI is InChI=1S/C22H23N3O2/c1-16-7-9-18(10-8-16)21-23-24-22(27-21)19-11-13-25(14-12-19)20(26)15-17-5-3-2-4-6-17/h2-10,19H,11-15H2,1H3. The molecule has 0 N–H and O–H groups in total. The van der Waals surface area contributed by atoms with E-state index in [0.29, 0.717) is 18.2 Å². The molecule has 1 saturated heterocycles. The molecule has 27 heavy (non-hydrogen) atoms. The molecule has 1 amide bonds. The Hall–Kier alpha value is -2.95. The van der Waals surface area contributed by atoms with Gasteiger partial charge in [-0.2, -0.15) is 0 Å². The van der Waals surface area contributed by atoms with Crippen molar-refractivity contribution in [3.05, 3.63) is 71.6 Å². The number of rotatable bonds is 4. The van der Waals surface area contributed by atoms with Gasteiger partial charge in [-0.1, -0.05) is 48.0 Å². The summed E-state index contributed by atoms with van der Waals surface area (Å²) in [5.41, 5.74) is 3.20. The fourth-order valence-electron chi connectivity index (χ4n) is 3.47. The third kappa shape index (κ3) is 4.08. The van der Waals surface area contributed by atoms with Crippen LogP contribution in [0, 0.1) is 6.92 Å². The zero-order valence-electron chi connectivity index (χ0n) is 15.5. The molecule has 3 aromatic rings. The van der Waals surface area contributed by atoms with Crippen molar-refractivity contribution in [3.8, 4) is 11.5 Å². The van der Waals surface area contributed by atoms with Crippen LogP contribution in [0.15, 0.2) is 59.0 Å². The van der Waals surface area contributed by atoms with Gasteiger partial charge in [-0.15, -0.1) is 10.2 Å². The minimum atomic E-state index is 0.186. The topological polar surface area (TPSA) is 59.2 Å². The lowest BCUT2D eigenvalue weighted by Crippen LogP contribution is -2.38. The molecule has 1 aliphatic rings. The number of likely N-dealkylation sites (tertiary alicyclic amines) is 1. The van der Waals surface area contributed by atoms with E-state index in [0.717, 1.165) is 37.1 Å². The number of carbonyl (C=O) groups is 1. The Labute approximate surface area is 159 Å². The third-order valence-electron chi connectivity index (χ3n) is 5.13. The minimum absolute atomic E-state index is 0.186. The van der Waals surface area contributed by atoms with Gasteiger partial charge >= 0.3 is 0 Å². The van der Waals surface area contributed by atoms with Gasteiger partial charge in [-0.05, 0) is 37.5 Å². The van der Waals surface area contributed by atoms with Crippen LogP contribution in [-0.4, -0.2) is 34.1 Å². The molecule has 5 nitrogen and oxygen atoms in total. The highest BCUT2D eigenvalue weighted by Crippen LogP contribution is 2.29. The first-order valence-corrected chi connectivity index (χ1v) is 9.41. The lowest BCUT2D eigenvalue weighted by Gasteiger charge is -2.30. The van der Waals surface area contributed by atoms with E-state index >= 15 is 0 Å². The molecule has 2 aromatic carbocycles. The molecular weight excluding hydrogens is 338 g/mol. The number of aryl methyl sites for hydroxylation is 1. The SMILES string of the molecule is Cc1ccc(-c2nnc(C3CCN(C(=O)Cc4ccccc4)CC3)o2)cc1. The highest BCUT2D eigenvalue weighted by atomic mass is 16.4. The molecule has 0 unspecified atom stereocenters. The Kier molecular flexibility index (Phi) is 5.01. The quantitative estimate of drug-likeness (QED) is 0.705. The number of hydrogen-bond donors (Lipinski definition) is 0. The number of aromatic nitrogens is 2. The van der Waals surface area contributed by atoms with Crippen molar-refractivity contribution in [2.45, 2.75) is 32.1 Å². The number of benzene rings is 2. The fraction of sp³-hybridized carbons (Fsp3) is 0.318. The van der Waals surface area contributed by atoms with E-state index in [1.54, 1.807) is 0 Å². The lowest BCUT2D eigenvalue weighted by atomic mass is 9.96. The molecule has 1 aliphatic heterocycles. The van der Waals surface area contributed by atoms with E-state index in [-0.39, 0.29) is 11.8 Å². The van der Waals surface area contributed by atoms with Crippen molar-refractivity contribution in [1.82, 2.24) is 15.1 Å². The van der Waals surface area contributed by atoms with Gasteiger partial charge in [0.15, 0.2) is 0 Å². The van der Waals surface area contributed by atoms with E-state index in [4.69, 9.17) is 4.42 Å². The molecule has 1 aromatic heterocycles.